The van der Waals surface area contributed by atoms with Crippen molar-refractivity contribution >= 4 is 5.91 Å². The Morgan fingerprint density at radius 3 is 3.05 bits per heavy atom. The Bertz CT molecular complexity index is 608. The van der Waals surface area contributed by atoms with Crippen molar-refractivity contribution in [1.29, 1.82) is 0 Å². The van der Waals surface area contributed by atoms with Gasteiger partial charge in [0.15, 0.2) is 0 Å². The SMILES string of the molecule is O=C(c1ccnnc1)N1CCO[C@H](CCc2ccncn2)C1. The van der Waals surface area contributed by atoms with Crippen LogP contribution in [0.4, 0.5) is 0 Å². The number of carbonyl (C=O) groups is 1. The van der Waals surface area contributed by atoms with E-state index in [2.05, 4.69) is 20.2 Å². The van der Waals surface area contributed by atoms with E-state index in [-0.39, 0.29) is 12.0 Å². The lowest BCUT2D eigenvalue weighted by atomic mass is 10.1. The molecule has 0 aliphatic carbocycles. The highest BCUT2D eigenvalue weighted by molar-refractivity contribution is 5.93. The van der Waals surface area contributed by atoms with Crippen LogP contribution in [0, 0.1) is 0 Å². The van der Waals surface area contributed by atoms with Gasteiger partial charge in [-0.3, -0.25) is 4.79 Å². The predicted octanol–water partition coefficient (Wildman–Crippen LogP) is 0.740. The van der Waals surface area contributed by atoms with Gasteiger partial charge in [0.2, 0.25) is 0 Å². The molecule has 1 fully saturated rings. The zero-order valence-corrected chi connectivity index (χ0v) is 12.1. The number of aromatic nitrogens is 4. The number of rotatable bonds is 4. The van der Waals surface area contributed by atoms with Gasteiger partial charge in [-0.25, -0.2) is 9.97 Å². The average molecular weight is 299 g/mol. The number of amides is 1. The number of carbonyl (C=O) groups excluding carboxylic acids is 1. The zero-order chi connectivity index (χ0) is 15.2. The molecule has 0 radical (unpaired) electrons. The molecule has 3 heterocycles. The van der Waals surface area contributed by atoms with Crippen molar-refractivity contribution in [2.75, 3.05) is 19.7 Å². The molecular weight excluding hydrogens is 282 g/mol. The fraction of sp³-hybridized carbons (Fsp3) is 0.400. The van der Waals surface area contributed by atoms with Crippen LogP contribution in [-0.4, -0.2) is 56.8 Å². The van der Waals surface area contributed by atoms with Crippen LogP contribution in [0.3, 0.4) is 0 Å². The second kappa shape index (κ2) is 7.04. The minimum absolute atomic E-state index is 0.0229. The molecule has 22 heavy (non-hydrogen) atoms. The minimum atomic E-state index is -0.0229. The van der Waals surface area contributed by atoms with Crippen LogP contribution in [0.15, 0.2) is 37.1 Å². The van der Waals surface area contributed by atoms with Crippen LogP contribution < -0.4 is 0 Å². The molecule has 0 unspecified atom stereocenters. The molecule has 1 atom stereocenters. The van der Waals surface area contributed by atoms with Crippen molar-refractivity contribution in [3.05, 3.63) is 48.3 Å². The van der Waals surface area contributed by atoms with Gasteiger partial charge < -0.3 is 9.64 Å². The third-order valence-electron chi connectivity index (χ3n) is 3.62. The summed E-state index contributed by atoms with van der Waals surface area (Å²) in [4.78, 5) is 22.3. The van der Waals surface area contributed by atoms with Crippen LogP contribution in [0.5, 0.6) is 0 Å². The number of hydrogen-bond donors (Lipinski definition) is 0. The molecule has 1 aliphatic heterocycles. The van der Waals surface area contributed by atoms with Crippen LogP contribution in [0.1, 0.15) is 22.5 Å². The van der Waals surface area contributed by atoms with Gasteiger partial charge >= 0.3 is 0 Å². The van der Waals surface area contributed by atoms with Gasteiger partial charge in [-0.1, -0.05) is 0 Å². The lowest BCUT2D eigenvalue weighted by Crippen LogP contribution is -2.45. The molecule has 7 heteroatoms. The smallest absolute Gasteiger partial charge is 0.255 e. The van der Waals surface area contributed by atoms with Crippen molar-refractivity contribution < 1.29 is 9.53 Å². The van der Waals surface area contributed by atoms with Gasteiger partial charge in [-0.05, 0) is 25.0 Å². The van der Waals surface area contributed by atoms with Gasteiger partial charge in [-0.15, -0.1) is 0 Å². The van der Waals surface area contributed by atoms with Gasteiger partial charge in [0.05, 0.1) is 30.7 Å². The van der Waals surface area contributed by atoms with Crippen LogP contribution in [-0.2, 0) is 11.2 Å². The van der Waals surface area contributed by atoms with Gasteiger partial charge in [0.1, 0.15) is 6.33 Å². The molecule has 3 rings (SSSR count). The first kappa shape index (κ1) is 14.5. The van der Waals surface area contributed by atoms with Crippen molar-refractivity contribution in [2.24, 2.45) is 0 Å². The molecule has 2 aromatic heterocycles. The second-order valence-electron chi connectivity index (χ2n) is 5.11. The highest BCUT2D eigenvalue weighted by Gasteiger charge is 2.25. The van der Waals surface area contributed by atoms with Crippen molar-refractivity contribution in [1.82, 2.24) is 25.1 Å². The molecule has 0 N–H and O–H groups in total. The van der Waals surface area contributed by atoms with E-state index in [1.165, 1.54) is 12.4 Å². The maximum Gasteiger partial charge on any atom is 0.255 e. The Hall–Kier alpha value is -2.41. The fourth-order valence-corrected chi connectivity index (χ4v) is 2.45. The zero-order valence-electron chi connectivity index (χ0n) is 12.1. The highest BCUT2D eigenvalue weighted by Crippen LogP contribution is 2.13. The summed E-state index contributed by atoms with van der Waals surface area (Å²) in [5, 5.41) is 7.45. The average Bonchev–Trinajstić information content (AvgIpc) is 2.61. The van der Waals surface area contributed by atoms with Gasteiger partial charge in [0.25, 0.3) is 5.91 Å². The molecule has 1 saturated heterocycles. The molecule has 1 amide bonds. The normalized spacial score (nSPS) is 18.2. The number of nitrogens with zero attached hydrogens (tertiary/aromatic N) is 5. The van der Waals surface area contributed by atoms with E-state index >= 15 is 0 Å². The number of morpholine rings is 1. The molecule has 0 bridgehead atoms. The molecule has 7 nitrogen and oxygen atoms in total. The highest BCUT2D eigenvalue weighted by atomic mass is 16.5. The van der Waals surface area contributed by atoms with Crippen molar-refractivity contribution in [3.8, 4) is 0 Å². The molecule has 2 aromatic rings. The number of hydrogen-bond acceptors (Lipinski definition) is 6. The largest absolute Gasteiger partial charge is 0.375 e. The standard InChI is InChI=1S/C15H17N5O2/c21-15(12-3-6-18-19-9-12)20-7-8-22-14(10-20)2-1-13-4-5-16-11-17-13/h3-6,9,11,14H,1-2,7-8,10H2/t14-/m1/s1. The third-order valence-corrected chi connectivity index (χ3v) is 3.62. The summed E-state index contributed by atoms with van der Waals surface area (Å²) in [5.74, 6) is -0.0229. The monoisotopic (exact) mass is 299 g/mol. The Balaban J connectivity index is 1.56. The minimum Gasteiger partial charge on any atom is -0.375 e. The van der Waals surface area contributed by atoms with Gasteiger partial charge in [-0.2, -0.15) is 10.2 Å². The van der Waals surface area contributed by atoms with E-state index in [9.17, 15) is 4.79 Å². The molecule has 114 valence electrons. The molecule has 0 spiro atoms. The van der Waals surface area contributed by atoms with E-state index < -0.39 is 0 Å². The number of ether oxygens (including phenoxy) is 1. The van der Waals surface area contributed by atoms with E-state index in [4.69, 9.17) is 4.74 Å². The first-order valence-corrected chi connectivity index (χ1v) is 7.25. The van der Waals surface area contributed by atoms with Crippen LogP contribution in [0.2, 0.25) is 0 Å². The van der Waals surface area contributed by atoms with Crippen molar-refractivity contribution in [3.63, 3.8) is 0 Å². The van der Waals surface area contributed by atoms with Crippen LogP contribution >= 0.6 is 0 Å². The summed E-state index contributed by atoms with van der Waals surface area (Å²) in [6, 6.07) is 3.58. The Labute approximate surface area is 128 Å². The lowest BCUT2D eigenvalue weighted by Gasteiger charge is -2.33. The van der Waals surface area contributed by atoms with E-state index in [0.29, 0.717) is 25.3 Å². The summed E-state index contributed by atoms with van der Waals surface area (Å²) in [7, 11) is 0. The fourth-order valence-electron chi connectivity index (χ4n) is 2.45. The van der Waals surface area contributed by atoms with Crippen molar-refractivity contribution in [2.45, 2.75) is 18.9 Å². The third kappa shape index (κ3) is 3.62. The molecule has 0 aromatic carbocycles. The van der Waals surface area contributed by atoms with E-state index in [1.807, 2.05) is 11.0 Å². The Kier molecular flexibility index (Phi) is 4.65. The second-order valence-corrected chi connectivity index (χ2v) is 5.11. The summed E-state index contributed by atoms with van der Waals surface area (Å²) >= 11 is 0. The lowest BCUT2D eigenvalue weighted by molar-refractivity contribution is -0.0247. The maximum atomic E-state index is 12.4. The number of aryl methyl sites for hydroxylation is 1. The Morgan fingerprint density at radius 2 is 2.27 bits per heavy atom. The topological polar surface area (TPSA) is 81.1 Å². The van der Waals surface area contributed by atoms with E-state index in [0.717, 1.165) is 18.5 Å². The maximum absolute atomic E-state index is 12.4. The predicted molar refractivity (Wildman–Crippen MR) is 78.0 cm³/mol. The first-order valence-electron chi connectivity index (χ1n) is 7.25. The van der Waals surface area contributed by atoms with E-state index in [1.54, 1.807) is 18.6 Å². The van der Waals surface area contributed by atoms with Crippen LogP contribution in [0.25, 0.3) is 0 Å². The quantitative estimate of drug-likeness (QED) is 0.828. The molecule has 0 saturated carbocycles. The summed E-state index contributed by atoms with van der Waals surface area (Å²) in [6.07, 6.45) is 7.97. The van der Waals surface area contributed by atoms with Gasteiger partial charge in [0, 0.05) is 25.0 Å². The summed E-state index contributed by atoms with van der Waals surface area (Å²) < 4.78 is 5.75. The summed E-state index contributed by atoms with van der Waals surface area (Å²) in [5.41, 5.74) is 1.55. The molecular formula is C15H17N5O2. The first-order chi connectivity index (χ1) is 10.8. The Morgan fingerprint density at radius 1 is 1.32 bits per heavy atom. The summed E-state index contributed by atoms with van der Waals surface area (Å²) in [6.45, 7) is 1.75. The molecule has 1 aliphatic rings.